The molecule has 0 atom stereocenters. The molecule has 0 unspecified atom stereocenters. The third-order valence-corrected chi connectivity index (χ3v) is 3.43. The SMILES string of the molecule is O=C(O)Cc1ccn(-c2cncc(-c3[nH]ccc3CC(=O)O)n2)c1. The van der Waals surface area contributed by atoms with E-state index in [0.29, 0.717) is 28.3 Å². The van der Waals surface area contributed by atoms with Crippen LogP contribution in [0.2, 0.25) is 0 Å². The van der Waals surface area contributed by atoms with Crippen molar-refractivity contribution in [2.24, 2.45) is 0 Å². The summed E-state index contributed by atoms with van der Waals surface area (Å²) < 4.78 is 1.68. The van der Waals surface area contributed by atoms with Crippen LogP contribution in [0.5, 0.6) is 0 Å². The molecule has 0 spiro atoms. The average Bonchev–Trinajstić information content (AvgIpc) is 3.16. The summed E-state index contributed by atoms with van der Waals surface area (Å²) in [5, 5.41) is 17.8. The minimum atomic E-state index is -0.927. The van der Waals surface area contributed by atoms with E-state index in [-0.39, 0.29) is 12.8 Å². The van der Waals surface area contributed by atoms with Crippen LogP contribution in [0.15, 0.2) is 43.1 Å². The molecule has 0 aliphatic heterocycles. The number of aliphatic carboxylic acids is 2. The molecule has 0 amide bonds. The molecule has 0 aliphatic carbocycles. The molecule has 3 N–H and O–H groups in total. The van der Waals surface area contributed by atoms with Gasteiger partial charge in [0, 0.05) is 18.6 Å². The number of carboxylic acid groups (broad SMARTS) is 2. The fourth-order valence-electron chi connectivity index (χ4n) is 2.41. The molecule has 0 saturated heterocycles. The van der Waals surface area contributed by atoms with Crippen molar-refractivity contribution in [3.05, 3.63) is 54.2 Å². The Bertz CT molecular complexity index is 897. The van der Waals surface area contributed by atoms with Gasteiger partial charge in [0.05, 0.1) is 30.9 Å². The fraction of sp³-hybridized carbons (Fsp3) is 0.125. The molecule has 0 aromatic carbocycles. The molecule has 3 aromatic heterocycles. The molecule has 24 heavy (non-hydrogen) atoms. The van der Waals surface area contributed by atoms with E-state index in [1.165, 1.54) is 0 Å². The molecular weight excluding hydrogens is 312 g/mol. The van der Waals surface area contributed by atoms with Gasteiger partial charge in [-0.3, -0.25) is 14.6 Å². The van der Waals surface area contributed by atoms with Crippen LogP contribution >= 0.6 is 0 Å². The van der Waals surface area contributed by atoms with E-state index in [0.717, 1.165) is 0 Å². The van der Waals surface area contributed by atoms with Gasteiger partial charge >= 0.3 is 11.9 Å². The zero-order valence-corrected chi connectivity index (χ0v) is 12.5. The first-order valence-electron chi connectivity index (χ1n) is 7.12. The second-order valence-corrected chi connectivity index (χ2v) is 5.21. The number of carbonyl (C=O) groups is 2. The maximum Gasteiger partial charge on any atom is 0.307 e. The molecule has 0 fully saturated rings. The Hall–Kier alpha value is -3.42. The molecule has 122 valence electrons. The van der Waals surface area contributed by atoms with Crippen LogP contribution in [0.1, 0.15) is 11.1 Å². The normalized spacial score (nSPS) is 10.7. The number of aromatic amines is 1. The van der Waals surface area contributed by atoms with E-state index in [4.69, 9.17) is 10.2 Å². The topological polar surface area (TPSA) is 121 Å². The average molecular weight is 326 g/mol. The minimum Gasteiger partial charge on any atom is -0.481 e. The van der Waals surface area contributed by atoms with Gasteiger partial charge in [-0.05, 0) is 23.3 Å². The molecule has 3 rings (SSSR count). The second kappa shape index (κ2) is 6.37. The lowest BCUT2D eigenvalue weighted by atomic mass is 10.1. The molecule has 0 radical (unpaired) electrons. The molecule has 8 heteroatoms. The highest BCUT2D eigenvalue weighted by atomic mass is 16.4. The predicted octanol–water partition coefficient (Wildman–Crippen LogP) is 1.52. The summed E-state index contributed by atoms with van der Waals surface area (Å²) in [4.78, 5) is 33.3. The number of nitrogens with zero attached hydrogens (tertiary/aromatic N) is 3. The molecule has 0 aliphatic rings. The van der Waals surface area contributed by atoms with Crippen LogP contribution in [0, 0.1) is 0 Å². The standard InChI is InChI=1S/C16H14N4O4/c21-14(22)5-10-2-4-20(9-10)13-8-17-7-12(19-13)16-11(1-3-18-16)6-15(23)24/h1-4,7-9,18H,5-6H2,(H,21,22)(H,23,24). The molecule has 3 aromatic rings. The quantitative estimate of drug-likeness (QED) is 0.631. The van der Waals surface area contributed by atoms with Gasteiger partial charge in [-0.25, -0.2) is 4.98 Å². The van der Waals surface area contributed by atoms with Gasteiger partial charge in [-0.15, -0.1) is 0 Å². The Morgan fingerprint density at radius 3 is 2.67 bits per heavy atom. The number of hydrogen-bond acceptors (Lipinski definition) is 4. The Balaban J connectivity index is 1.92. The summed E-state index contributed by atoms with van der Waals surface area (Å²) in [7, 11) is 0. The molecule has 8 nitrogen and oxygen atoms in total. The van der Waals surface area contributed by atoms with Crippen LogP contribution in [0.3, 0.4) is 0 Å². The lowest BCUT2D eigenvalue weighted by Crippen LogP contribution is -2.03. The number of hydrogen-bond donors (Lipinski definition) is 3. The Labute approximate surface area is 136 Å². The zero-order valence-electron chi connectivity index (χ0n) is 12.5. The molecule has 3 heterocycles. The maximum atomic E-state index is 10.9. The lowest BCUT2D eigenvalue weighted by molar-refractivity contribution is -0.137. The summed E-state index contributed by atoms with van der Waals surface area (Å²) in [5.74, 6) is -1.32. The monoisotopic (exact) mass is 326 g/mol. The largest absolute Gasteiger partial charge is 0.481 e. The summed E-state index contributed by atoms with van der Waals surface area (Å²) in [5.41, 5.74) is 2.39. The second-order valence-electron chi connectivity index (χ2n) is 5.21. The van der Waals surface area contributed by atoms with Gasteiger partial charge in [-0.1, -0.05) is 0 Å². The van der Waals surface area contributed by atoms with Crippen molar-refractivity contribution in [2.45, 2.75) is 12.8 Å². The molecular formula is C16H14N4O4. The van der Waals surface area contributed by atoms with Crippen LogP contribution in [0.4, 0.5) is 0 Å². The number of H-pyrrole nitrogens is 1. The molecule has 0 saturated carbocycles. The van der Waals surface area contributed by atoms with Crippen molar-refractivity contribution in [1.82, 2.24) is 19.5 Å². The smallest absolute Gasteiger partial charge is 0.307 e. The van der Waals surface area contributed by atoms with Crippen molar-refractivity contribution < 1.29 is 19.8 Å². The number of carboxylic acids is 2. The van der Waals surface area contributed by atoms with Gasteiger partial charge in [0.1, 0.15) is 5.69 Å². The van der Waals surface area contributed by atoms with Crippen molar-refractivity contribution in [3.8, 4) is 17.2 Å². The Kier molecular flexibility index (Phi) is 4.11. The van der Waals surface area contributed by atoms with Crippen molar-refractivity contribution >= 4 is 11.9 Å². The number of rotatable bonds is 6. The highest BCUT2D eigenvalue weighted by Crippen LogP contribution is 2.21. The van der Waals surface area contributed by atoms with Crippen molar-refractivity contribution in [3.63, 3.8) is 0 Å². The van der Waals surface area contributed by atoms with Crippen LogP contribution in [0.25, 0.3) is 17.2 Å². The van der Waals surface area contributed by atoms with Crippen molar-refractivity contribution in [2.75, 3.05) is 0 Å². The van der Waals surface area contributed by atoms with E-state index in [9.17, 15) is 9.59 Å². The predicted molar refractivity (Wildman–Crippen MR) is 83.8 cm³/mol. The minimum absolute atomic E-state index is 0.0699. The third-order valence-electron chi connectivity index (χ3n) is 3.43. The van der Waals surface area contributed by atoms with E-state index in [1.807, 2.05) is 0 Å². The van der Waals surface area contributed by atoms with Gasteiger partial charge < -0.3 is 19.8 Å². The van der Waals surface area contributed by atoms with Crippen molar-refractivity contribution in [1.29, 1.82) is 0 Å². The Morgan fingerprint density at radius 2 is 1.92 bits per heavy atom. The summed E-state index contributed by atoms with van der Waals surface area (Å²) in [6.07, 6.45) is 7.95. The third kappa shape index (κ3) is 3.32. The first-order valence-corrected chi connectivity index (χ1v) is 7.12. The van der Waals surface area contributed by atoms with E-state index < -0.39 is 11.9 Å². The van der Waals surface area contributed by atoms with Crippen LogP contribution in [-0.4, -0.2) is 41.7 Å². The van der Waals surface area contributed by atoms with Gasteiger partial charge in [0.15, 0.2) is 5.82 Å². The van der Waals surface area contributed by atoms with Crippen LogP contribution < -0.4 is 0 Å². The number of nitrogens with one attached hydrogen (secondary N) is 1. The zero-order chi connectivity index (χ0) is 17.1. The summed E-state index contributed by atoms with van der Waals surface area (Å²) >= 11 is 0. The highest BCUT2D eigenvalue weighted by molar-refractivity contribution is 5.74. The lowest BCUT2D eigenvalue weighted by Gasteiger charge is -2.05. The van der Waals surface area contributed by atoms with Gasteiger partial charge in [0.25, 0.3) is 0 Å². The fourth-order valence-corrected chi connectivity index (χ4v) is 2.41. The van der Waals surface area contributed by atoms with Gasteiger partial charge in [-0.2, -0.15) is 0 Å². The first-order chi connectivity index (χ1) is 11.5. The van der Waals surface area contributed by atoms with Gasteiger partial charge in [0.2, 0.25) is 0 Å². The Morgan fingerprint density at radius 1 is 1.12 bits per heavy atom. The summed E-state index contributed by atoms with van der Waals surface area (Å²) in [6.45, 7) is 0. The van der Waals surface area contributed by atoms with E-state index in [1.54, 1.807) is 47.7 Å². The maximum absolute atomic E-state index is 10.9. The first kappa shape index (κ1) is 15.5. The van der Waals surface area contributed by atoms with E-state index >= 15 is 0 Å². The summed E-state index contributed by atoms with van der Waals surface area (Å²) in [6, 6.07) is 3.39. The number of aromatic nitrogens is 4. The van der Waals surface area contributed by atoms with Crippen LogP contribution in [-0.2, 0) is 22.4 Å². The highest BCUT2D eigenvalue weighted by Gasteiger charge is 2.12. The van der Waals surface area contributed by atoms with E-state index in [2.05, 4.69) is 15.0 Å². The molecule has 0 bridgehead atoms.